The summed E-state index contributed by atoms with van der Waals surface area (Å²) in [4.78, 5) is 101. The van der Waals surface area contributed by atoms with Crippen LogP contribution in [0.1, 0.15) is 71.9 Å². The molecule has 0 aliphatic carbocycles. The topological polar surface area (TPSA) is 296 Å². The van der Waals surface area contributed by atoms with Crippen LogP contribution in [0.2, 0.25) is 0 Å². The van der Waals surface area contributed by atoms with E-state index in [4.69, 9.17) is 22.1 Å². The van der Waals surface area contributed by atoms with Gasteiger partial charge < -0.3 is 71.9 Å². The van der Waals surface area contributed by atoms with Crippen molar-refractivity contribution in [2.75, 3.05) is 87.4 Å². The van der Waals surface area contributed by atoms with E-state index in [1.54, 1.807) is 64.4 Å². The zero-order valence-corrected chi connectivity index (χ0v) is 45.2. The summed E-state index contributed by atoms with van der Waals surface area (Å²) < 4.78 is 6.06. The summed E-state index contributed by atoms with van der Waals surface area (Å²) in [6.45, 7) is 7.64. The number of anilines is 3. The first-order valence-corrected chi connectivity index (χ1v) is 27.1. The van der Waals surface area contributed by atoms with Crippen molar-refractivity contribution in [3.8, 4) is 5.75 Å². The number of aliphatic hydroxyl groups excluding tert-OH is 2. The molecule has 3 aliphatic rings. The average molecular weight is 1110 g/mol. The maximum atomic E-state index is 14.4. The Morgan fingerprint density at radius 2 is 1.61 bits per heavy atom. The largest absolute Gasteiger partial charge is 0.415 e. The number of likely N-dealkylation sites (N-methyl/N-ethyl adjacent to an activating group) is 1. The van der Waals surface area contributed by atoms with Crippen LogP contribution >= 0.6 is 11.6 Å². The fourth-order valence-corrected chi connectivity index (χ4v) is 10.3. The Balaban J connectivity index is 0.869. The molecular formula is C56H69ClN12O10. The maximum Gasteiger partial charge on any atom is 0.415 e. The second-order valence-corrected chi connectivity index (χ2v) is 20.7. The van der Waals surface area contributed by atoms with Crippen LogP contribution < -0.4 is 47.3 Å². The fourth-order valence-electron chi connectivity index (χ4n) is 10.1. The first kappa shape index (κ1) is 57.6. The third kappa shape index (κ3) is 14.4. The maximum absolute atomic E-state index is 14.4. The number of nitrogens with zero attached hydrogens (tertiary/aromatic N) is 4. The summed E-state index contributed by atoms with van der Waals surface area (Å²) in [5.41, 5.74) is 8.90. The highest BCUT2D eigenvalue weighted by Gasteiger charge is 2.37. The Morgan fingerprint density at radius 3 is 2.30 bits per heavy atom. The van der Waals surface area contributed by atoms with E-state index in [1.807, 2.05) is 45.2 Å². The molecule has 0 radical (unpaired) electrons. The number of nitrogens with one attached hydrogen (secondary N) is 7. The molecule has 23 heteroatoms. The summed E-state index contributed by atoms with van der Waals surface area (Å²) in [6.07, 6.45) is 1.10. The molecule has 1 saturated heterocycles. The van der Waals surface area contributed by atoms with Crippen molar-refractivity contribution in [2.45, 2.75) is 70.0 Å². The van der Waals surface area contributed by atoms with Crippen molar-refractivity contribution in [3.05, 3.63) is 108 Å². The van der Waals surface area contributed by atoms with Gasteiger partial charge in [-0.3, -0.25) is 29.3 Å². The summed E-state index contributed by atoms with van der Waals surface area (Å²) >= 11 is 6.56. The Labute approximate surface area is 462 Å². The smallest absolute Gasteiger partial charge is 0.409 e. The van der Waals surface area contributed by atoms with E-state index in [2.05, 4.69) is 41.8 Å². The lowest BCUT2D eigenvalue weighted by Gasteiger charge is -2.31. The van der Waals surface area contributed by atoms with Crippen LogP contribution in [0.25, 0.3) is 21.7 Å². The number of hydrogen-bond acceptors (Lipinski definition) is 13. The summed E-state index contributed by atoms with van der Waals surface area (Å²) in [5, 5.41) is 40.9. The van der Waals surface area contributed by atoms with Crippen LogP contribution in [0, 0.1) is 5.92 Å². The van der Waals surface area contributed by atoms with Crippen molar-refractivity contribution in [3.63, 3.8) is 0 Å². The van der Waals surface area contributed by atoms with Gasteiger partial charge in [-0.2, -0.15) is 0 Å². The number of urea groups is 1. The van der Waals surface area contributed by atoms with Gasteiger partial charge in [-0.25, -0.2) is 9.59 Å². The van der Waals surface area contributed by atoms with Crippen molar-refractivity contribution in [1.29, 1.82) is 0 Å². The minimum atomic E-state index is -1.22. The van der Waals surface area contributed by atoms with Gasteiger partial charge in [-0.1, -0.05) is 38.1 Å². The Morgan fingerprint density at radius 1 is 0.873 bits per heavy atom. The van der Waals surface area contributed by atoms with Gasteiger partial charge in [0.1, 0.15) is 23.9 Å². The monoisotopic (exact) mass is 1100 g/mol. The van der Waals surface area contributed by atoms with Crippen molar-refractivity contribution in [2.24, 2.45) is 11.7 Å². The van der Waals surface area contributed by atoms with Crippen LogP contribution in [0.15, 0.2) is 91.0 Å². The zero-order chi connectivity index (χ0) is 56.3. The summed E-state index contributed by atoms with van der Waals surface area (Å²) in [6, 6.07) is 20.5. The lowest BCUT2D eigenvalue weighted by Crippen LogP contribution is -2.57. The number of piperazine rings is 1. The molecule has 0 spiro atoms. The summed E-state index contributed by atoms with van der Waals surface area (Å²) in [5.74, 6) is -1.41. The minimum Gasteiger partial charge on any atom is -0.409 e. The number of carbonyl (C=O) groups is 7. The molecule has 4 heterocycles. The number of H-pyrrole nitrogens is 1. The molecule has 2 unspecified atom stereocenters. The molecule has 420 valence electrons. The number of primary amides is 1. The number of rotatable bonds is 23. The minimum absolute atomic E-state index is 0.116. The number of benzene rings is 4. The van der Waals surface area contributed by atoms with Gasteiger partial charge in [-0.05, 0) is 97.8 Å². The number of aromatic nitrogens is 1. The number of halogens is 1. The van der Waals surface area contributed by atoms with Gasteiger partial charge in [0.05, 0.1) is 11.7 Å². The highest BCUT2D eigenvalue weighted by Crippen LogP contribution is 2.46. The van der Waals surface area contributed by atoms with Gasteiger partial charge in [0.2, 0.25) is 17.7 Å². The molecule has 22 nitrogen and oxygen atoms in total. The number of ether oxygens (including phenoxy) is 1. The number of nitrogens with two attached hydrogens (primary N) is 1. The van der Waals surface area contributed by atoms with Crippen molar-refractivity contribution >= 4 is 92.0 Å². The number of amides is 8. The molecule has 11 N–H and O–H groups in total. The molecule has 79 heavy (non-hydrogen) atoms. The first-order valence-electron chi connectivity index (χ1n) is 26.6. The molecule has 4 aromatic carbocycles. The standard InChI is InChI=1S/C56H69ClN12O10/c1-33(2)50(60-22-21-59-46(70)11-7-23-68-47(71)18-19-48(68)72)53(75)65-42(10-6-20-61-55(58)77)52(74)62-37-14-12-34(13-15-37)51(73)63-38-16-17-41-35(28-38)29-43(64-41)54(76)69-32-36(31-57)49-40-9-5-4-8-39(40)45(30-44(49)69)79-56(78)67-26-24-66(3)25-27-67/h4-5,8-9,12-19,28-30,33,36,42,47,50,53,60,64-65,71,75H,6-7,10-11,20-27,31-32H2,1-3H3,(H,59,70)(H,62,74)(H,63,73)(H3,58,61,77)/t36-,42+,47?,50+,53?/m1/s1. The van der Waals surface area contributed by atoms with Crippen LogP contribution in [-0.4, -0.2) is 168 Å². The molecule has 5 aromatic rings. The van der Waals surface area contributed by atoms with Gasteiger partial charge in [0.15, 0.2) is 0 Å². The van der Waals surface area contributed by atoms with Crippen LogP contribution in [0.4, 0.5) is 26.7 Å². The van der Waals surface area contributed by atoms with E-state index >= 15 is 0 Å². The Hall–Kier alpha value is -7.60. The average Bonchev–Trinajstić information content (AvgIpc) is 4.36. The number of carbonyl (C=O) groups excluding carboxylic acids is 7. The van der Waals surface area contributed by atoms with E-state index in [-0.39, 0.29) is 67.9 Å². The molecule has 5 atom stereocenters. The van der Waals surface area contributed by atoms with Crippen molar-refractivity contribution in [1.82, 2.24) is 41.0 Å². The van der Waals surface area contributed by atoms with Gasteiger partial charge in [-0.15, -0.1) is 11.6 Å². The van der Waals surface area contributed by atoms with E-state index in [1.165, 1.54) is 17.1 Å². The normalized spacial score (nSPS) is 17.5. The van der Waals surface area contributed by atoms with Gasteiger partial charge >= 0.3 is 12.1 Å². The highest BCUT2D eigenvalue weighted by molar-refractivity contribution is 6.19. The van der Waals surface area contributed by atoms with Crippen LogP contribution in [-0.2, 0) is 14.4 Å². The molecule has 8 rings (SSSR count). The third-order valence-corrected chi connectivity index (χ3v) is 14.8. The number of aliphatic hydroxyl groups is 2. The number of fused-ring (bicyclic) bond motifs is 4. The lowest BCUT2D eigenvalue weighted by molar-refractivity contribution is -0.131. The van der Waals surface area contributed by atoms with E-state index < -0.39 is 48.5 Å². The highest BCUT2D eigenvalue weighted by atomic mass is 35.5. The number of alkyl halides is 1. The zero-order valence-electron chi connectivity index (χ0n) is 44.4. The molecular weight excluding hydrogens is 1040 g/mol. The van der Waals surface area contributed by atoms with E-state index in [0.717, 1.165) is 29.4 Å². The van der Waals surface area contributed by atoms with Gasteiger partial charge in [0, 0.05) is 129 Å². The lowest BCUT2D eigenvalue weighted by atomic mass is 9.95. The van der Waals surface area contributed by atoms with E-state index in [0.29, 0.717) is 84.0 Å². The Kier molecular flexibility index (Phi) is 19.2. The first-order chi connectivity index (χ1) is 38.0. The molecule has 0 saturated carbocycles. The third-order valence-electron chi connectivity index (χ3n) is 14.4. The molecule has 0 bridgehead atoms. The van der Waals surface area contributed by atoms with Gasteiger partial charge in [0.25, 0.3) is 11.8 Å². The number of aromatic amines is 1. The molecule has 1 aromatic heterocycles. The van der Waals surface area contributed by atoms with Crippen LogP contribution in [0.5, 0.6) is 5.75 Å². The summed E-state index contributed by atoms with van der Waals surface area (Å²) in [7, 11) is 2.01. The molecule has 8 amide bonds. The number of hydrogen-bond donors (Lipinski definition) is 10. The fraction of sp³-hybridized carbons (Fsp3) is 0.411. The van der Waals surface area contributed by atoms with Crippen LogP contribution in [0.3, 0.4) is 0 Å². The second kappa shape index (κ2) is 26.4. The quantitative estimate of drug-likeness (QED) is 0.0250. The van der Waals surface area contributed by atoms with Crippen molar-refractivity contribution < 1.29 is 48.5 Å². The predicted molar refractivity (Wildman–Crippen MR) is 301 cm³/mol. The van der Waals surface area contributed by atoms with E-state index in [9.17, 15) is 43.8 Å². The predicted octanol–water partition coefficient (Wildman–Crippen LogP) is 4.19. The SMILES string of the molecule is CC(C)[C@H](NCCNC(=O)CCCN1C(=O)C=CC1O)C(O)N[C@@H](CCCNC(N)=O)C(=O)Nc1ccc(C(=O)Nc2ccc3[nH]c(C(=O)N4C[C@@H](CCl)c5c4cc(OC(=O)N4CCN(C)CC4)c4ccccc54)cc3c2)cc1. The molecule has 3 aliphatic heterocycles. The Bertz CT molecular complexity index is 3070. The second-order valence-electron chi connectivity index (χ2n) is 20.4. The molecule has 1 fully saturated rings.